The molecule has 30 heavy (non-hydrogen) atoms. The highest BCUT2D eigenvalue weighted by Crippen LogP contribution is 2.36. The lowest BCUT2D eigenvalue weighted by molar-refractivity contribution is 0.102. The molecule has 2 aromatic carbocycles. The number of amides is 1. The van der Waals surface area contributed by atoms with Gasteiger partial charge in [0.05, 0.1) is 31.5 Å². The monoisotopic (exact) mass is 456 g/mol. The lowest BCUT2D eigenvalue weighted by atomic mass is 10.2. The standard InChI is InChI=1S/C20H25ClN2O6S/c1-6-29-16-8-7-13(9-19(16)30(25,26)23-12(2)3)20(24)22-15-11-17(27-4)14(21)10-18(15)28-5/h7-12,23H,6H2,1-5H3,(H,22,24). The quantitative estimate of drug-likeness (QED) is 0.596. The van der Waals surface area contributed by atoms with Crippen molar-refractivity contribution in [2.24, 2.45) is 0 Å². The second-order valence-corrected chi connectivity index (χ2v) is 8.60. The van der Waals surface area contributed by atoms with Gasteiger partial charge >= 0.3 is 0 Å². The van der Waals surface area contributed by atoms with E-state index in [2.05, 4.69) is 10.0 Å². The predicted octanol–water partition coefficient (Wildman–Crippen LogP) is 3.69. The second kappa shape index (κ2) is 10.0. The molecule has 0 bridgehead atoms. The maximum Gasteiger partial charge on any atom is 0.255 e. The molecule has 2 rings (SSSR count). The van der Waals surface area contributed by atoms with Gasteiger partial charge < -0.3 is 19.5 Å². The number of halogens is 1. The van der Waals surface area contributed by atoms with E-state index in [1.807, 2.05) is 0 Å². The van der Waals surface area contributed by atoms with Crippen LogP contribution in [-0.2, 0) is 10.0 Å². The molecule has 2 N–H and O–H groups in total. The molecule has 2 aromatic rings. The number of ether oxygens (including phenoxy) is 3. The van der Waals surface area contributed by atoms with Gasteiger partial charge in [-0.2, -0.15) is 0 Å². The van der Waals surface area contributed by atoms with E-state index in [0.29, 0.717) is 22.2 Å². The Morgan fingerprint density at radius 3 is 2.30 bits per heavy atom. The van der Waals surface area contributed by atoms with Crippen LogP contribution in [0.3, 0.4) is 0 Å². The Balaban J connectivity index is 2.45. The van der Waals surface area contributed by atoms with Gasteiger partial charge in [0.25, 0.3) is 5.91 Å². The summed E-state index contributed by atoms with van der Waals surface area (Å²) in [5.74, 6) is 0.299. The number of hydrogen-bond donors (Lipinski definition) is 2. The molecule has 0 aliphatic heterocycles. The number of nitrogens with one attached hydrogen (secondary N) is 2. The first-order valence-electron chi connectivity index (χ1n) is 9.15. The summed E-state index contributed by atoms with van der Waals surface area (Å²) in [6.07, 6.45) is 0. The van der Waals surface area contributed by atoms with Crippen LogP contribution in [0.2, 0.25) is 5.02 Å². The fraction of sp³-hybridized carbons (Fsp3) is 0.350. The largest absolute Gasteiger partial charge is 0.495 e. The summed E-state index contributed by atoms with van der Waals surface area (Å²) in [5, 5.41) is 3.01. The van der Waals surface area contributed by atoms with Gasteiger partial charge in [-0.15, -0.1) is 0 Å². The van der Waals surface area contributed by atoms with Gasteiger partial charge in [0.15, 0.2) is 0 Å². The molecule has 8 nitrogen and oxygen atoms in total. The topological polar surface area (TPSA) is 103 Å². The Kier molecular flexibility index (Phi) is 7.94. The molecule has 0 radical (unpaired) electrons. The molecule has 1 amide bonds. The van der Waals surface area contributed by atoms with Crippen LogP contribution in [0.4, 0.5) is 5.69 Å². The molecule has 10 heteroatoms. The highest BCUT2D eigenvalue weighted by Gasteiger charge is 2.23. The molecule has 0 aliphatic carbocycles. The van der Waals surface area contributed by atoms with E-state index in [9.17, 15) is 13.2 Å². The Labute approximate surface area is 181 Å². The zero-order valence-electron chi connectivity index (χ0n) is 17.4. The Bertz CT molecular complexity index is 1020. The summed E-state index contributed by atoms with van der Waals surface area (Å²) in [5.41, 5.74) is 0.445. The van der Waals surface area contributed by atoms with Crippen LogP contribution in [0.1, 0.15) is 31.1 Å². The van der Waals surface area contributed by atoms with Gasteiger partial charge in [-0.1, -0.05) is 11.6 Å². The number of sulfonamides is 1. The first kappa shape index (κ1) is 23.8. The van der Waals surface area contributed by atoms with Crippen LogP contribution in [0.25, 0.3) is 0 Å². The minimum Gasteiger partial charge on any atom is -0.495 e. The molecule has 164 valence electrons. The molecule has 0 saturated heterocycles. The first-order chi connectivity index (χ1) is 14.1. The summed E-state index contributed by atoms with van der Waals surface area (Å²) in [7, 11) is -1.00. The van der Waals surface area contributed by atoms with Crippen molar-refractivity contribution < 1.29 is 27.4 Å². The first-order valence-corrected chi connectivity index (χ1v) is 11.0. The van der Waals surface area contributed by atoms with Gasteiger partial charge in [-0.25, -0.2) is 13.1 Å². The van der Waals surface area contributed by atoms with Crippen molar-refractivity contribution >= 4 is 33.2 Å². The van der Waals surface area contributed by atoms with Crippen molar-refractivity contribution in [2.45, 2.75) is 31.7 Å². The third kappa shape index (κ3) is 5.56. The molecule has 0 aromatic heterocycles. The van der Waals surface area contributed by atoms with Crippen LogP contribution in [0.15, 0.2) is 35.2 Å². The molecule has 0 aliphatic rings. The van der Waals surface area contributed by atoms with Crippen molar-refractivity contribution in [3.8, 4) is 17.2 Å². The molecule has 0 heterocycles. The molecule has 0 unspecified atom stereocenters. The minimum absolute atomic E-state index is 0.119. The Morgan fingerprint density at radius 1 is 1.07 bits per heavy atom. The summed E-state index contributed by atoms with van der Waals surface area (Å²) in [4.78, 5) is 12.7. The fourth-order valence-corrected chi connectivity index (χ4v) is 4.31. The van der Waals surface area contributed by atoms with Gasteiger partial charge in [-0.3, -0.25) is 4.79 Å². The van der Waals surface area contributed by atoms with Crippen LogP contribution >= 0.6 is 11.6 Å². The van der Waals surface area contributed by atoms with Gasteiger partial charge in [0.2, 0.25) is 10.0 Å². The summed E-state index contributed by atoms with van der Waals surface area (Å²) < 4.78 is 43.8. The van der Waals surface area contributed by atoms with E-state index in [4.69, 9.17) is 25.8 Å². The average Bonchev–Trinajstić information content (AvgIpc) is 2.68. The van der Waals surface area contributed by atoms with Crippen LogP contribution in [0, 0.1) is 0 Å². The van der Waals surface area contributed by atoms with Gasteiger partial charge in [0.1, 0.15) is 22.1 Å². The van der Waals surface area contributed by atoms with Crippen LogP contribution in [-0.4, -0.2) is 41.2 Å². The highest BCUT2D eigenvalue weighted by molar-refractivity contribution is 7.89. The van der Waals surface area contributed by atoms with Crippen molar-refractivity contribution in [3.05, 3.63) is 40.9 Å². The number of benzene rings is 2. The van der Waals surface area contributed by atoms with E-state index < -0.39 is 15.9 Å². The number of carbonyl (C=O) groups is 1. The normalized spacial score (nSPS) is 11.3. The lowest BCUT2D eigenvalue weighted by Gasteiger charge is -2.16. The number of carbonyl (C=O) groups excluding carboxylic acids is 1. The molecule has 0 saturated carbocycles. The van der Waals surface area contributed by atoms with E-state index in [1.165, 1.54) is 44.6 Å². The van der Waals surface area contributed by atoms with Crippen LogP contribution in [0.5, 0.6) is 17.2 Å². The molecule has 0 fully saturated rings. The number of anilines is 1. The lowest BCUT2D eigenvalue weighted by Crippen LogP contribution is -2.30. The van der Waals surface area contributed by atoms with Crippen molar-refractivity contribution in [1.29, 1.82) is 0 Å². The van der Waals surface area contributed by atoms with E-state index in [1.54, 1.807) is 20.8 Å². The number of hydrogen-bond acceptors (Lipinski definition) is 6. The second-order valence-electron chi connectivity index (χ2n) is 6.51. The van der Waals surface area contributed by atoms with Crippen molar-refractivity contribution in [3.63, 3.8) is 0 Å². The zero-order valence-corrected chi connectivity index (χ0v) is 19.0. The van der Waals surface area contributed by atoms with E-state index >= 15 is 0 Å². The van der Waals surface area contributed by atoms with Gasteiger partial charge in [0, 0.05) is 23.7 Å². The molecule has 0 atom stereocenters. The van der Waals surface area contributed by atoms with E-state index in [0.717, 1.165) is 0 Å². The SMILES string of the molecule is CCOc1ccc(C(=O)Nc2cc(OC)c(Cl)cc2OC)cc1S(=O)(=O)NC(C)C. The average molecular weight is 457 g/mol. The number of rotatable bonds is 9. The molecule has 0 spiro atoms. The summed E-state index contributed by atoms with van der Waals surface area (Å²) in [6, 6.07) is 6.90. The van der Waals surface area contributed by atoms with Gasteiger partial charge in [-0.05, 0) is 39.0 Å². The number of methoxy groups -OCH3 is 2. The fourth-order valence-electron chi connectivity index (χ4n) is 2.66. The highest BCUT2D eigenvalue weighted by atomic mass is 35.5. The predicted molar refractivity (Wildman–Crippen MR) is 116 cm³/mol. The summed E-state index contributed by atoms with van der Waals surface area (Å²) in [6.45, 7) is 5.42. The Morgan fingerprint density at radius 2 is 1.73 bits per heavy atom. The smallest absolute Gasteiger partial charge is 0.255 e. The Hall–Kier alpha value is -2.49. The van der Waals surface area contributed by atoms with Crippen molar-refractivity contribution in [1.82, 2.24) is 4.72 Å². The third-order valence-electron chi connectivity index (χ3n) is 3.91. The van der Waals surface area contributed by atoms with Crippen LogP contribution < -0.4 is 24.2 Å². The summed E-state index contributed by atoms with van der Waals surface area (Å²) >= 11 is 6.09. The minimum atomic E-state index is -3.89. The maximum atomic E-state index is 12.8. The van der Waals surface area contributed by atoms with Crippen molar-refractivity contribution in [2.75, 3.05) is 26.1 Å². The zero-order chi connectivity index (χ0) is 22.5. The van der Waals surface area contributed by atoms with E-state index in [-0.39, 0.29) is 28.9 Å². The maximum absolute atomic E-state index is 12.8. The third-order valence-corrected chi connectivity index (χ3v) is 5.88. The molecular weight excluding hydrogens is 432 g/mol. The molecular formula is C20H25ClN2O6S.